The first-order valence-electron chi connectivity index (χ1n) is 20.1. The molecular weight excluding hydrogens is 814 g/mol. The SMILES string of the molecule is CO/C=N\[C@H]1C(C(C)C(C)CO)O[C@@](OCC(C)C(C)C2O[C@@](OCC(C)C(C)C3O[C@@](O)(C(=O)O)C[C@@H](O)[C@H]3/N=C\OC)(C(=O)O)C[C@@H](O)[C@H]2/N=C\OC)(C(=O)O)C[C@H]1O. The lowest BCUT2D eigenvalue weighted by atomic mass is 9.81. The van der Waals surface area contributed by atoms with Crippen LogP contribution in [0.1, 0.15) is 60.8 Å². The first kappa shape index (κ1) is 51.8. The van der Waals surface area contributed by atoms with E-state index >= 15 is 0 Å². The van der Waals surface area contributed by atoms with Crippen LogP contribution in [0.5, 0.6) is 0 Å². The first-order valence-corrected chi connectivity index (χ1v) is 20.1. The Hall–Kier alpha value is -3.58. The van der Waals surface area contributed by atoms with Gasteiger partial charge in [-0.25, -0.2) is 29.4 Å². The van der Waals surface area contributed by atoms with Crippen molar-refractivity contribution in [2.45, 2.75) is 133 Å². The number of hydrogen-bond donors (Lipinski definition) is 8. The molecule has 3 saturated heterocycles. The third-order valence-electron chi connectivity index (χ3n) is 12.3. The number of methoxy groups -OCH3 is 3. The molecule has 0 radical (unpaired) electrons. The van der Waals surface area contributed by atoms with Gasteiger partial charge in [0.25, 0.3) is 17.4 Å². The molecule has 3 heterocycles. The van der Waals surface area contributed by atoms with Crippen molar-refractivity contribution in [3.8, 4) is 0 Å². The van der Waals surface area contributed by atoms with Crippen molar-refractivity contribution >= 4 is 37.1 Å². The predicted octanol–water partition coefficient (Wildman–Crippen LogP) is -0.257. The number of carboxylic acids is 3. The van der Waals surface area contributed by atoms with Crippen LogP contribution in [0.2, 0.25) is 0 Å². The van der Waals surface area contributed by atoms with Crippen molar-refractivity contribution in [1.82, 2.24) is 0 Å². The number of ether oxygens (including phenoxy) is 8. The van der Waals surface area contributed by atoms with Crippen molar-refractivity contribution in [3.05, 3.63) is 0 Å². The molecule has 0 spiro atoms. The van der Waals surface area contributed by atoms with Crippen LogP contribution in [-0.4, -0.2) is 191 Å². The summed E-state index contributed by atoms with van der Waals surface area (Å²) < 4.78 is 45.0. The molecule has 0 saturated carbocycles. The van der Waals surface area contributed by atoms with Gasteiger partial charge >= 0.3 is 17.9 Å². The van der Waals surface area contributed by atoms with Gasteiger partial charge in [0, 0.05) is 25.9 Å². The number of hydrogen-bond acceptors (Lipinski definition) is 19. The largest absolute Gasteiger partial charge is 0.487 e. The van der Waals surface area contributed by atoms with Crippen molar-refractivity contribution < 1.29 is 93.1 Å². The monoisotopic (exact) mass is 879 g/mol. The number of nitrogens with zero attached hydrogens (tertiary/aromatic N) is 3. The maximum absolute atomic E-state index is 13.1. The predicted molar refractivity (Wildman–Crippen MR) is 212 cm³/mol. The van der Waals surface area contributed by atoms with Gasteiger partial charge in [-0.1, -0.05) is 41.5 Å². The first-order chi connectivity index (χ1) is 28.6. The van der Waals surface area contributed by atoms with Gasteiger partial charge in [-0.2, -0.15) is 0 Å². The molecule has 350 valence electrons. The molecule has 8 N–H and O–H groups in total. The molecule has 3 fully saturated rings. The number of aliphatic carboxylic acids is 3. The molecule has 0 aromatic heterocycles. The number of aliphatic hydroxyl groups is 5. The number of carboxylic acid groups (broad SMARTS) is 3. The van der Waals surface area contributed by atoms with E-state index in [1.807, 2.05) is 0 Å². The molecule has 0 aromatic rings. The minimum absolute atomic E-state index is 0.257. The highest BCUT2D eigenvalue weighted by atomic mass is 16.7. The lowest BCUT2D eigenvalue weighted by Gasteiger charge is -2.48. The zero-order valence-electron chi connectivity index (χ0n) is 36.0. The topological polar surface area (TPSA) is 324 Å². The maximum Gasteiger partial charge on any atom is 0.364 e. The lowest BCUT2D eigenvalue weighted by Crippen LogP contribution is -2.62. The van der Waals surface area contributed by atoms with Crippen LogP contribution < -0.4 is 0 Å². The van der Waals surface area contributed by atoms with Crippen molar-refractivity contribution in [3.63, 3.8) is 0 Å². The van der Waals surface area contributed by atoms with Crippen LogP contribution in [0, 0.1) is 35.5 Å². The summed E-state index contributed by atoms with van der Waals surface area (Å²) in [5, 5.41) is 84.9. The average molecular weight is 880 g/mol. The summed E-state index contributed by atoms with van der Waals surface area (Å²) >= 11 is 0. The molecule has 18 atom stereocenters. The molecule has 3 aliphatic heterocycles. The summed E-state index contributed by atoms with van der Waals surface area (Å²) in [7, 11) is 4.00. The van der Waals surface area contributed by atoms with Crippen LogP contribution in [0.15, 0.2) is 15.0 Å². The Labute approximate surface area is 354 Å². The van der Waals surface area contributed by atoms with Crippen LogP contribution in [0.4, 0.5) is 0 Å². The van der Waals surface area contributed by atoms with Gasteiger partial charge in [-0.15, -0.1) is 0 Å². The van der Waals surface area contributed by atoms with Crippen molar-refractivity contribution in [2.24, 2.45) is 50.5 Å². The maximum atomic E-state index is 13.1. The second-order valence-corrected chi connectivity index (χ2v) is 16.5. The highest BCUT2D eigenvalue weighted by Gasteiger charge is 2.58. The quantitative estimate of drug-likeness (QED) is 0.0513. The molecule has 0 amide bonds. The van der Waals surface area contributed by atoms with E-state index in [-0.39, 0.29) is 25.7 Å². The van der Waals surface area contributed by atoms with Gasteiger partial charge in [0.05, 0.1) is 71.2 Å². The van der Waals surface area contributed by atoms with Crippen molar-refractivity contribution in [2.75, 3.05) is 41.2 Å². The van der Waals surface area contributed by atoms with Crippen molar-refractivity contribution in [1.29, 1.82) is 0 Å². The number of aliphatic hydroxyl groups excluding tert-OH is 4. The molecule has 22 heteroatoms. The normalized spacial score (nSPS) is 37.8. The lowest BCUT2D eigenvalue weighted by molar-refractivity contribution is -0.315. The fourth-order valence-electron chi connectivity index (χ4n) is 7.77. The molecule has 0 bridgehead atoms. The summed E-state index contributed by atoms with van der Waals surface area (Å²) in [5.41, 5.74) is 0. The van der Waals surface area contributed by atoms with Gasteiger partial charge in [0.1, 0.15) is 18.1 Å². The minimum Gasteiger partial charge on any atom is -0.487 e. The Morgan fingerprint density at radius 3 is 1.23 bits per heavy atom. The molecular formula is C39H65N3O19. The fraction of sp³-hybridized carbons (Fsp3) is 0.846. The van der Waals surface area contributed by atoms with E-state index in [9.17, 15) is 55.2 Å². The highest BCUT2D eigenvalue weighted by Crippen LogP contribution is 2.42. The second-order valence-electron chi connectivity index (χ2n) is 16.5. The number of rotatable bonds is 22. The third-order valence-corrected chi connectivity index (χ3v) is 12.3. The Kier molecular flexibility index (Phi) is 18.8. The zero-order valence-corrected chi connectivity index (χ0v) is 36.0. The Bertz CT molecular complexity index is 1540. The Morgan fingerprint density at radius 1 is 0.590 bits per heavy atom. The van der Waals surface area contributed by atoms with Crippen LogP contribution in [0.3, 0.4) is 0 Å². The van der Waals surface area contributed by atoms with Crippen LogP contribution in [0.25, 0.3) is 0 Å². The van der Waals surface area contributed by atoms with E-state index in [0.717, 1.165) is 19.2 Å². The van der Waals surface area contributed by atoms with E-state index in [0.29, 0.717) is 0 Å². The van der Waals surface area contributed by atoms with Gasteiger partial charge in [0.2, 0.25) is 0 Å². The summed E-state index contributed by atoms with van der Waals surface area (Å²) in [6.07, 6.45) is -6.42. The molecule has 0 aromatic carbocycles. The van der Waals surface area contributed by atoms with Crippen LogP contribution in [-0.2, 0) is 52.3 Å². The average Bonchev–Trinajstić information content (AvgIpc) is 3.21. The number of aliphatic imine (C=N–C) groups is 3. The third kappa shape index (κ3) is 11.9. The van der Waals surface area contributed by atoms with E-state index in [2.05, 4.69) is 15.0 Å². The Morgan fingerprint density at radius 2 is 0.918 bits per heavy atom. The van der Waals surface area contributed by atoms with Gasteiger partial charge in [-0.3, -0.25) is 0 Å². The summed E-state index contributed by atoms with van der Waals surface area (Å²) in [5.74, 6) is -16.2. The molecule has 9 unspecified atom stereocenters. The van der Waals surface area contributed by atoms with Gasteiger partial charge in [0.15, 0.2) is 19.2 Å². The second kappa shape index (κ2) is 22.2. The molecule has 3 aliphatic rings. The summed E-state index contributed by atoms with van der Waals surface area (Å²) in [4.78, 5) is 50.6. The van der Waals surface area contributed by atoms with Crippen LogP contribution >= 0.6 is 0 Å². The summed E-state index contributed by atoms with van der Waals surface area (Å²) in [6.45, 7) is 9.07. The van der Waals surface area contributed by atoms with E-state index < -0.39 is 139 Å². The van der Waals surface area contributed by atoms with Gasteiger partial charge < -0.3 is 78.7 Å². The fourth-order valence-corrected chi connectivity index (χ4v) is 7.77. The minimum atomic E-state index is -2.74. The standard InChI is InChI=1S/C39H65N3O19/c1-19(13-43)22(4)32-29(41-17-55-8)26(45)11-38(60-32,35(49)50)58-15-21(3)24(6)33-30(42-18-56-9)27(46)12-39(61-33,36(51)52)57-14-20(2)23(5)31-28(40-16-54-7)25(44)10-37(53,59-31)34(47)48/h16-33,43-46,53H,10-15H2,1-9H3,(H,47,48)(H,49,50)(H,51,52)/b40-16-,41-17-,42-18-/t19?,20?,21?,22?,23?,24?,25-,26-,27-,28-,29-,30-,31?,32?,33?,37-,38-,39-/m1/s1. The van der Waals surface area contributed by atoms with E-state index in [1.54, 1.807) is 41.5 Å². The van der Waals surface area contributed by atoms with E-state index in [1.165, 1.54) is 21.3 Å². The van der Waals surface area contributed by atoms with E-state index in [4.69, 9.17) is 37.9 Å². The number of carbonyl (C=O) groups is 3. The summed E-state index contributed by atoms with van der Waals surface area (Å²) in [6, 6.07) is -3.15. The molecule has 22 nitrogen and oxygen atoms in total. The highest BCUT2D eigenvalue weighted by molar-refractivity contribution is 5.77. The zero-order chi connectivity index (χ0) is 46.0. The van der Waals surface area contributed by atoms with Gasteiger partial charge in [-0.05, 0) is 35.5 Å². The smallest absolute Gasteiger partial charge is 0.364 e. The molecule has 61 heavy (non-hydrogen) atoms. The molecule has 0 aliphatic carbocycles. The molecule has 3 rings (SSSR count). The Balaban J connectivity index is 1.90.